The van der Waals surface area contributed by atoms with Gasteiger partial charge in [-0.15, -0.1) is 5.10 Å². The number of aryl methyl sites for hydroxylation is 2. The Labute approximate surface area is 251 Å². The Balaban J connectivity index is 1.21. The zero-order valence-corrected chi connectivity index (χ0v) is 24.5. The Bertz CT molecular complexity index is 1670. The molecule has 0 radical (unpaired) electrons. The molecule has 222 valence electrons. The Kier molecular flexibility index (Phi) is 8.67. The third-order valence-electron chi connectivity index (χ3n) is 6.96. The number of thioether (sulfide) groups is 1. The zero-order valence-electron chi connectivity index (χ0n) is 23.7. The van der Waals surface area contributed by atoms with Crippen LogP contribution in [0.5, 0.6) is 0 Å². The molecule has 3 aromatic carbocycles. The number of alkyl halides is 3. The largest absolute Gasteiger partial charge is 0.416 e. The first-order valence-electron chi connectivity index (χ1n) is 13.7. The van der Waals surface area contributed by atoms with E-state index in [0.717, 1.165) is 46.5 Å². The average molecular weight is 607 g/mol. The lowest BCUT2D eigenvalue weighted by molar-refractivity contribution is -0.137. The number of amides is 3. The number of aliphatic imine (C=N–C) groups is 1. The van der Waals surface area contributed by atoms with Crippen LogP contribution in [-0.2, 0) is 23.8 Å². The van der Waals surface area contributed by atoms with Crippen molar-refractivity contribution < 1.29 is 22.8 Å². The molecule has 2 heterocycles. The second-order valence-corrected chi connectivity index (χ2v) is 11.1. The van der Waals surface area contributed by atoms with Crippen molar-refractivity contribution in [2.45, 2.75) is 45.8 Å². The van der Waals surface area contributed by atoms with E-state index in [9.17, 15) is 22.8 Å². The Morgan fingerprint density at radius 3 is 2.49 bits per heavy atom. The van der Waals surface area contributed by atoms with Crippen molar-refractivity contribution in [3.05, 3.63) is 95.3 Å². The Morgan fingerprint density at radius 1 is 1.09 bits per heavy atom. The number of hydrogen-bond donors (Lipinski definition) is 1. The second kappa shape index (κ2) is 12.4. The van der Waals surface area contributed by atoms with Gasteiger partial charge in [0.25, 0.3) is 0 Å². The molecule has 4 aromatic rings. The second-order valence-electron chi connectivity index (χ2n) is 10.2. The molecule has 0 spiro atoms. The molecule has 3 amide bonds. The minimum absolute atomic E-state index is 0.104. The number of nitrogens with one attached hydrogen (secondary N) is 1. The van der Waals surface area contributed by atoms with Crippen molar-refractivity contribution >= 4 is 34.6 Å². The van der Waals surface area contributed by atoms with Crippen LogP contribution in [0.3, 0.4) is 0 Å². The minimum Gasteiger partial charge on any atom is -0.333 e. The van der Waals surface area contributed by atoms with Gasteiger partial charge < -0.3 is 5.32 Å². The minimum atomic E-state index is -4.40. The molecule has 43 heavy (non-hydrogen) atoms. The van der Waals surface area contributed by atoms with Crippen molar-refractivity contribution in [3.63, 3.8) is 0 Å². The van der Waals surface area contributed by atoms with Crippen LogP contribution in [-0.4, -0.2) is 43.7 Å². The maximum atomic E-state index is 12.8. The number of rotatable bonds is 7. The lowest BCUT2D eigenvalue weighted by Gasteiger charge is -2.22. The van der Waals surface area contributed by atoms with Gasteiger partial charge in [-0.3, -0.25) is 9.69 Å². The van der Waals surface area contributed by atoms with Gasteiger partial charge in [0.15, 0.2) is 11.0 Å². The van der Waals surface area contributed by atoms with Gasteiger partial charge >= 0.3 is 12.2 Å². The van der Waals surface area contributed by atoms with E-state index in [2.05, 4.69) is 20.4 Å². The van der Waals surface area contributed by atoms with Crippen LogP contribution in [0.25, 0.3) is 17.1 Å². The molecule has 1 saturated heterocycles. The van der Waals surface area contributed by atoms with Gasteiger partial charge in [0, 0.05) is 11.6 Å². The smallest absolute Gasteiger partial charge is 0.333 e. The molecule has 1 aliphatic heterocycles. The first kappa shape index (κ1) is 30.0. The normalized spacial score (nSPS) is 15.3. The molecule has 0 aliphatic carbocycles. The predicted molar refractivity (Wildman–Crippen MR) is 161 cm³/mol. The van der Waals surface area contributed by atoms with Gasteiger partial charge in [-0.2, -0.15) is 18.2 Å². The summed E-state index contributed by atoms with van der Waals surface area (Å²) in [5.41, 5.74) is 4.19. The number of anilines is 1. The molecule has 5 rings (SSSR count). The molecule has 12 heteroatoms. The number of hydrogen-bond acceptors (Lipinski definition) is 5. The Morgan fingerprint density at radius 2 is 1.81 bits per heavy atom. The van der Waals surface area contributed by atoms with Crippen LogP contribution < -0.4 is 10.2 Å². The number of nitrogens with zero attached hydrogens (tertiary/aromatic N) is 5. The molecule has 1 N–H and O–H groups in total. The molecule has 1 atom stereocenters. The highest BCUT2D eigenvalue weighted by atomic mass is 32.2. The van der Waals surface area contributed by atoms with E-state index in [1.807, 2.05) is 63.2 Å². The van der Waals surface area contributed by atoms with Crippen molar-refractivity contribution in [2.75, 3.05) is 10.7 Å². The van der Waals surface area contributed by atoms with Crippen molar-refractivity contribution in [1.29, 1.82) is 0 Å². The fourth-order valence-electron chi connectivity index (χ4n) is 4.84. The summed E-state index contributed by atoms with van der Waals surface area (Å²) >= 11 is 1.25. The third-order valence-corrected chi connectivity index (χ3v) is 7.89. The van der Waals surface area contributed by atoms with Gasteiger partial charge in [-0.25, -0.2) is 14.5 Å². The topological polar surface area (TPSA) is 92.5 Å². The average Bonchev–Trinajstić information content (AvgIpc) is 3.60. The molecule has 0 bridgehead atoms. The van der Waals surface area contributed by atoms with Gasteiger partial charge in [0.2, 0.25) is 5.91 Å². The summed E-state index contributed by atoms with van der Waals surface area (Å²) in [7, 11) is 0. The summed E-state index contributed by atoms with van der Waals surface area (Å²) in [4.78, 5) is 35.6. The first-order chi connectivity index (χ1) is 20.5. The number of urea groups is 1. The van der Waals surface area contributed by atoms with E-state index >= 15 is 0 Å². The van der Waals surface area contributed by atoms with Crippen LogP contribution in [0.1, 0.15) is 36.1 Å². The van der Waals surface area contributed by atoms with E-state index in [-0.39, 0.29) is 17.7 Å². The zero-order chi connectivity index (χ0) is 30.7. The van der Waals surface area contributed by atoms with Crippen molar-refractivity contribution in [1.82, 2.24) is 20.1 Å². The lowest BCUT2D eigenvalue weighted by Crippen LogP contribution is -2.35. The highest BCUT2D eigenvalue weighted by Gasteiger charge is 2.33. The van der Waals surface area contributed by atoms with Gasteiger partial charge in [-0.1, -0.05) is 61.2 Å². The number of benzene rings is 3. The molecular formula is C31H29F3N6O2S. The van der Waals surface area contributed by atoms with Crippen molar-refractivity contribution in [3.8, 4) is 17.1 Å². The SMILES string of the molecule is CCc1cccc(C)c1N1C(=O)CSC1=NC(=O)NC(C)Cc1ccc(-c2ncn(-c3ccc(C(F)(F)F)cc3)n2)cc1. The van der Waals surface area contributed by atoms with E-state index in [1.54, 1.807) is 4.90 Å². The predicted octanol–water partition coefficient (Wildman–Crippen LogP) is 6.60. The number of aromatic nitrogens is 3. The van der Waals surface area contributed by atoms with Gasteiger partial charge in [0.05, 0.1) is 22.7 Å². The number of halogens is 3. The van der Waals surface area contributed by atoms with E-state index < -0.39 is 17.8 Å². The molecule has 1 aromatic heterocycles. The van der Waals surface area contributed by atoms with Crippen LogP contribution in [0.2, 0.25) is 0 Å². The summed E-state index contributed by atoms with van der Waals surface area (Å²) in [5.74, 6) is 0.548. The highest BCUT2D eigenvalue weighted by molar-refractivity contribution is 8.15. The van der Waals surface area contributed by atoms with Crippen molar-refractivity contribution in [2.24, 2.45) is 4.99 Å². The lowest BCUT2D eigenvalue weighted by atomic mass is 10.0. The number of para-hydroxylation sites is 1. The molecular weight excluding hydrogens is 577 g/mol. The Hall–Kier alpha value is -4.45. The summed E-state index contributed by atoms with van der Waals surface area (Å²) in [5, 5.41) is 7.65. The highest BCUT2D eigenvalue weighted by Crippen LogP contribution is 2.33. The van der Waals surface area contributed by atoms with Crippen LogP contribution in [0, 0.1) is 6.92 Å². The maximum absolute atomic E-state index is 12.8. The fourth-order valence-corrected chi connectivity index (χ4v) is 5.69. The molecule has 1 fully saturated rings. The van der Waals surface area contributed by atoms with E-state index in [1.165, 1.54) is 34.9 Å². The molecule has 1 unspecified atom stereocenters. The summed E-state index contributed by atoms with van der Waals surface area (Å²) in [6, 6.07) is 17.3. The van der Waals surface area contributed by atoms with Crippen LogP contribution >= 0.6 is 11.8 Å². The summed E-state index contributed by atoms with van der Waals surface area (Å²) in [6.07, 6.45) is -1.67. The maximum Gasteiger partial charge on any atom is 0.416 e. The van der Waals surface area contributed by atoms with E-state index in [4.69, 9.17) is 0 Å². The standard InChI is InChI=1S/C31H29F3N6O2S/c1-4-22-7-5-6-19(2)27(22)40-26(41)17-43-30(40)37-29(42)36-20(3)16-21-8-10-23(11-9-21)28-35-18-39(38-28)25-14-12-24(13-15-25)31(32,33)34/h5-15,18,20H,4,16-17H2,1-3H3,(H,36,42). The number of carbonyl (C=O) groups excluding carboxylic acids is 2. The quantitative estimate of drug-likeness (QED) is 0.256. The summed E-state index contributed by atoms with van der Waals surface area (Å²) < 4.78 is 40.0. The molecule has 0 saturated carbocycles. The monoisotopic (exact) mass is 606 g/mol. The van der Waals surface area contributed by atoms with Crippen LogP contribution in [0.15, 0.2) is 78.0 Å². The third kappa shape index (κ3) is 6.80. The number of amidine groups is 1. The van der Waals surface area contributed by atoms with Gasteiger partial charge in [0.1, 0.15) is 6.33 Å². The fraction of sp³-hybridized carbons (Fsp3) is 0.258. The number of carbonyl (C=O) groups is 2. The summed E-state index contributed by atoms with van der Waals surface area (Å²) in [6.45, 7) is 5.84. The molecule has 1 aliphatic rings. The van der Waals surface area contributed by atoms with Gasteiger partial charge in [-0.05, 0) is 67.6 Å². The van der Waals surface area contributed by atoms with E-state index in [0.29, 0.717) is 23.1 Å². The first-order valence-corrected chi connectivity index (χ1v) is 14.6. The molecule has 8 nitrogen and oxygen atoms in total. The van der Waals surface area contributed by atoms with Crippen LogP contribution in [0.4, 0.5) is 23.7 Å².